The largest absolute Gasteiger partial charge is 0.375 e. The lowest BCUT2D eigenvalue weighted by atomic mass is 9.93. The molecular weight excluding hydrogens is 248 g/mol. The van der Waals surface area contributed by atoms with Crippen LogP contribution in [-0.4, -0.2) is 48.8 Å². The number of hydrogen-bond acceptors (Lipinski definition) is 3. The number of rotatable bonds is 7. The van der Waals surface area contributed by atoms with E-state index in [1.54, 1.807) is 0 Å². The third-order valence-corrected chi connectivity index (χ3v) is 4.39. The van der Waals surface area contributed by atoms with E-state index in [0.717, 1.165) is 25.6 Å². The monoisotopic (exact) mass is 284 g/mol. The molecule has 1 fully saturated rings. The van der Waals surface area contributed by atoms with E-state index < -0.39 is 0 Å². The topological polar surface area (TPSA) is 24.5 Å². The van der Waals surface area contributed by atoms with Crippen molar-refractivity contribution in [1.29, 1.82) is 0 Å². The summed E-state index contributed by atoms with van der Waals surface area (Å²) < 4.78 is 5.93. The molecular formula is C17H36N2O. The van der Waals surface area contributed by atoms with Gasteiger partial charge in [0.25, 0.3) is 0 Å². The van der Waals surface area contributed by atoms with Crippen LogP contribution in [0.1, 0.15) is 60.8 Å². The normalized spacial score (nSPS) is 26.7. The smallest absolute Gasteiger partial charge is 0.0600 e. The van der Waals surface area contributed by atoms with Crippen molar-refractivity contribution in [3.05, 3.63) is 0 Å². The van der Waals surface area contributed by atoms with Crippen molar-refractivity contribution in [2.45, 2.75) is 78.5 Å². The molecule has 0 spiro atoms. The highest BCUT2D eigenvalue weighted by molar-refractivity contribution is 4.88. The maximum absolute atomic E-state index is 5.93. The molecule has 3 atom stereocenters. The van der Waals surface area contributed by atoms with E-state index in [1.807, 2.05) is 0 Å². The minimum absolute atomic E-state index is 0.0251. The Bertz CT molecular complexity index is 262. The fourth-order valence-electron chi connectivity index (χ4n) is 3.00. The molecule has 0 aliphatic carbocycles. The van der Waals surface area contributed by atoms with Gasteiger partial charge >= 0.3 is 0 Å². The summed E-state index contributed by atoms with van der Waals surface area (Å²) in [5, 5.41) is 3.74. The van der Waals surface area contributed by atoms with Crippen LogP contribution in [0.2, 0.25) is 0 Å². The molecule has 0 saturated carbocycles. The van der Waals surface area contributed by atoms with E-state index in [2.05, 4.69) is 51.8 Å². The van der Waals surface area contributed by atoms with E-state index in [4.69, 9.17) is 4.74 Å². The van der Waals surface area contributed by atoms with Crippen LogP contribution in [-0.2, 0) is 4.74 Å². The second kappa shape index (κ2) is 8.35. The van der Waals surface area contributed by atoms with Crippen LogP contribution in [0, 0.1) is 5.92 Å². The predicted molar refractivity (Wildman–Crippen MR) is 87.2 cm³/mol. The highest BCUT2D eigenvalue weighted by atomic mass is 16.5. The van der Waals surface area contributed by atoms with E-state index in [0.29, 0.717) is 12.1 Å². The van der Waals surface area contributed by atoms with Gasteiger partial charge in [-0.3, -0.25) is 4.90 Å². The van der Waals surface area contributed by atoms with Crippen molar-refractivity contribution in [2.75, 3.05) is 26.2 Å². The Morgan fingerprint density at radius 1 is 1.30 bits per heavy atom. The average Bonchev–Trinajstić information content (AvgIpc) is 2.37. The number of nitrogens with zero attached hydrogens (tertiary/aromatic N) is 1. The first-order valence-corrected chi connectivity index (χ1v) is 8.48. The lowest BCUT2D eigenvalue weighted by Gasteiger charge is -2.43. The highest BCUT2D eigenvalue weighted by Gasteiger charge is 2.30. The van der Waals surface area contributed by atoms with E-state index in [-0.39, 0.29) is 5.60 Å². The van der Waals surface area contributed by atoms with Crippen molar-refractivity contribution < 1.29 is 4.74 Å². The first-order valence-electron chi connectivity index (χ1n) is 8.48. The van der Waals surface area contributed by atoms with Gasteiger partial charge in [-0.15, -0.1) is 0 Å². The molecule has 1 rings (SSSR count). The molecule has 0 aromatic heterocycles. The molecule has 0 aromatic rings. The third kappa shape index (κ3) is 6.11. The second-order valence-electron chi connectivity index (χ2n) is 7.30. The minimum atomic E-state index is -0.0251. The average molecular weight is 284 g/mol. The molecule has 1 saturated heterocycles. The third-order valence-electron chi connectivity index (χ3n) is 4.39. The second-order valence-corrected chi connectivity index (χ2v) is 7.30. The molecule has 0 amide bonds. The van der Waals surface area contributed by atoms with Crippen LogP contribution in [0.4, 0.5) is 0 Å². The van der Waals surface area contributed by atoms with Crippen LogP contribution >= 0.6 is 0 Å². The van der Waals surface area contributed by atoms with Gasteiger partial charge < -0.3 is 10.1 Å². The van der Waals surface area contributed by atoms with Gasteiger partial charge in [0.15, 0.2) is 0 Å². The number of nitrogens with one attached hydrogen (secondary N) is 1. The summed E-state index contributed by atoms with van der Waals surface area (Å²) >= 11 is 0. The van der Waals surface area contributed by atoms with Gasteiger partial charge in [0, 0.05) is 31.7 Å². The summed E-state index contributed by atoms with van der Waals surface area (Å²) in [5.74, 6) is 0.750. The predicted octanol–water partition coefficient (Wildman–Crippen LogP) is 3.29. The SMILES string of the molecule is CCCC1CN(CCOC(C)(C)C)C(C(C)CC)CN1. The van der Waals surface area contributed by atoms with Gasteiger partial charge in [-0.05, 0) is 33.1 Å². The van der Waals surface area contributed by atoms with Crippen molar-refractivity contribution >= 4 is 0 Å². The molecule has 120 valence electrons. The van der Waals surface area contributed by atoms with Crippen molar-refractivity contribution in [3.63, 3.8) is 0 Å². The molecule has 0 bridgehead atoms. The Hall–Kier alpha value is -0.120. The fraction of sp³-hybridized carbons (Fsp3) is 1.00. The highest BCUT2D eigenvalue weighted by Crippen LogP contribution is 2.19. The Morgan fingerprint density at radius 2 is 2.00 bits per heavy atom. The Morgan fingerprint density at radius 3 is 2.55 bits per heavy atom. The molecule has 20 heavy (non-hydrogen) atoms. The zero-order valence-electron chi connectivity index (χ0n) is 14.5. The maximum atomic E-state index is 5.93. The molecule has 3 nitrogen and oxygen atoms in total. The standard InChI is InChI=1S/C17H36N2O/c1-7-9-15-13-19(10-11-20-17(4,5)6)16(12-18-15)14(3)8-2/h14-16,18H,7-13H2,1-6H3. The van der Waals surface area contributed by atoms with Crippen LogP contribution in [0.15, 0.2) is 0 Å². The summed E-state index contributed by atoms with van der Waals surface area (Å²) in [6, 6.07) is 1.33. The molecule has 3 unspecified atom stereocenters. The Balaban J connectivity index is 2.52. The van der Waals surface area contributed by atoms with Crippen LogP contribution in [0.3, 0.4) is 0 Å². The lowest BCUT2D eigenvalue weighted by Crippen LogP contribution is -2.59. The molecule has 1 heterocycles. The van der Waals surface area contributed by atoms with Gasteiger partial charge in [0.2, 0.25) is 0 Å². The van der Waals surface area contributed by atoms with Crippen LogP contribution in [0.25, 0.3) is 0 Å². The zero-order valence-corrected chi connectivity index (χ0v) is 14.5. The van der Waals surface area contributed by atoms with Crippen LogP contribution in [0.5, 0.6) is 0 Å². The van der Waals surface area contributed by atoms with Crippen LogP contribution < -0.4 is 5.32 Å². The molecule has 1 N–H and O–H groups in total. The Kier molecular flexibility index (Phi) is 7.49. The van der Waals surface area contributed by atoms with Gasteiger partial charge in [0.05, 0.1) is 12.2 Å². The first kappa shape index (κ1) is 17.9. The van der Waals surface area contributed by atoms with Crippen molar-refractivity contribution in [1.82, 2.24) is 10.2 Å². The minimum Gasteiger partial charge on any atom is -0.375 e. The zero-order chi connectivity index (χ0) is 15.2. The molecule has 1 aliphatic heterocycles. The van der Waals surface area contributed by atoms with Crippen molar-refractivity contribution in [3.8, 4) is 0 Å². The summed E-state index contributed by atoms with van der Waals surface area (Å²) in [4.78, 5) is 2.66. The Labute approximate surface area is 126 Å². The van der Waals surface area contributed by atoms with Gasteiger partial charge in [0.1, 0.15) is 0 Å². The van der Waals surface area contributed by atoms with Gasteiger partial charge in [-0.25, -0.2) is 0 Å². The summed E-state index contributed by atoms with van der Waals surface area (Å²) in [5.41, 5.74) is -0.0251. The van der Waals surface area contributed by atoms with Gasteiger partial charge in [-0.2, -0.15) is 0 Å². The summed E-state index contributed by atoms with van der Waals surface area (Å²) in [7, 11) is 0. The van der Waals surface area contributed by atoms with Crippen molar-refractivity contribution in [2.24, 2.45) is 5.92 Å². The number of ether oxygens (including phenoxy) is 1. The van der Waals surface area contributed by atoms with E-state index in [9.17, 15) is 0 Å². The molecule has 0 radical (unpaired) electrons. The molecule has 0 aromatic carbocycles. The fourth-order valence-corrected chi connectivity index (χ4v) is 3.00. The summed E-state index contributed by atoms with van der Waals surface area (Å²) in [6.45, 7) is 17.6. The van der Waals surface area contributed by atoms with Gasteiger partial charge in [-0.1, -0.05) is 33.6 Å². The lowest BCUT2D eigenvalue weighted by molar-refractivity contribution is -0.0268. The van der Waals surface area contributed by atoms with E-state index >= 15 is 0 Å². The number of hydrogen-bond donors (Lipinski definition) is 1. The maximum Gasteiger partial charge on any atom is 0.0600 e. The summed E-state index contributed by atoms with van der Waals surface area (Å²) in [6.07, 6.45) is 3.79. The quantitative estimate of drug-likeness (QED) is 0.776. The molecule has 3 heteroatoms. The molecule has 1 aliphatic rings. The van der Waals surface area contributed by atoms with E-state index in [1.165, 1.54) is 25.8 Å². The number of piperazine rings is 1. The first-order chi connectivity index (χ1) is 9.37.